The normalized spacial score (nSPS) is 9.49. The number of aromatic carboxylic acids is 2. The highest BCUT2D eigenvalue weighted by Crippen LogP contribution is 2.15. The van der Waals surface area contributed by atoms with Crippen molar-refractivity contribution in [1.29, 1.82) is 0 Å². The topological polar surface area (TPSA) is 165 Å². The minimum Gasteiger partial charge on any atom is -0.484 e. The van der Waals surface area contributed by atoms with Crippen molar-refractivity contribution in [2.75, 3.05) is 24.3 Å². The van der Waals surface area contributed by atoms with Crippen molar-refractivity contribution in [1.82, 2.24) is 0 Å². The predicted octanol–water partition coefficient (Wildman–Crippen LogP) is 5.20. The van der Waals surface area contributed by atoms with E-state index in [0.29, 0.717) is 17.2 Å². The number of carboxylic acid groups (broad SMARTS) is 2. The lowest BCUT2D eigenvalue weighted by atomic mass is 10.2. The van der Waals surface area contributed by atoms with Crippen LogP contribution in [0.1, 0.15) is 20.7 Å². The molecule has 4 aromatic rings. The molecule has 0 radical (unpaired) electrons. The fraction of sp³-hybridized carbons (Fsp3) is 0.0667. The number of para-hydroxylation sites is 4. The second-order valence-corrected chi connectivity index (χ2v) is 8.27. The fourth-order valence-electron chi connectivity index (χ4n) is 2.98. The van der Waals surface area contributed by atoms with E-state index in [1.54, 1.807) is 66.7 Å². The smallest absolute Gasteiger partial charge is 0.337 e. The lowest BCUT2D eigenvalue weighted by Crippen LogP contribution is -2.21. The lowest BCUT2D eigenvalue weighted by molar-refractivity contribution is -0.118. The number of nitrogen functional groups attached to an aromatic ring is 1. The second-order valence-electron chi connectivity index (χ2n) is 7.85. The van der Waals surface area contributed by atoms with Gasteiger partial charge in [-0.3, -0.25) is 9.59 Å². The van der Waals surface area contributed by atoms with Crippen LogP contribution < -0.4 is 20.5 Å². The zero-order valence-electron chi connectivity index (χ0n) is 21.6. The fourth-order valence-corrected chi connectivity index (χ4v) is 3.03. The van der Waals surface area contributed by atoms with Gasteiger partial charge in [-0.2, -0.15) is 0 Å². The maximum Gasteiger partial charge on any atom is 0.337 e. The molecule has 41 heavy (non-hydrogen) atoms. The van der Waals surface area contributed by atoms with Crippen molar-refractivity contribution in [3.8, 4) is 11.5 Å². The summed E-state index contributed by atoms with van der Waals surface area (Å²) < 4.78 is 10.3. The SMILES string of the molecule is Nc1ccccc1C(=O)O.O=C(COc1ccccc1)Nc1ccccc1C(=O)O.O=C(Cl)COc1ccccc1. The number of carbonyl (C=O) groups is 4. The molecule has 0 unspecified atom stereocenters. The molecule has 0 bridgehead atoms. The van der Waals surface area contributed by atoms with E-state index in [2.05, 4.69) is 5.32 Å². The molecule has 5 N–H and O–H groups in total. The molecule has 0 aliphatic heterocycles. The van der Waals surface area contributed by atoms with Crippen LogP contribution in [0.4, 0.5) is 11.4 Å². The minimum absolute atomic E-state index is 0.0422. The summed E-state index contributed by atoms with van der Waals surface area (Å²) in [4.78, 5) is 43.3. The summed E-state index contributed by atoms with van der Waals surface area (Å²) in [6, 6.07) is 30.5. The van der Waals surface area contributed by atoms with Gasteiger partial charge >= 0.3 is 11.9 Å². The van der Waals surface area contributed by atoms with Crippen LogP contribution in [0.15, 0.2) is 109 Å². The van der Waals surface area contributed by atoms with Gasteiger partial charge in [0.25, 0.3) is 11.1 Å². The quantitative estimate of drug-likeness (QED) is 0.154. The van der Waals surface area contributed by atoms with Crippen LogP contribution in [0.2, 0.25) is 0 Å². The summed E-state index contributed by atoms with van der Waals surface area (Å²) in [7, 11) is 0. The number of benzene rings is 4. The summed E-state index contributed by atoms with van der Waals surface area (Å²) in [5, 5.41) is 19.5. The summed E-state index contributed by atoms with van der Waals surface area (Å²) in [6.07, 6.45) is 0. The Morgan fingerprint density at radius 1 is 0.634 bits per heavy atom. The molecule has 0 aromatic heterocycles. The van der Waals surface area contributed by atoms with Gasteiger partial charge in [0.15, 0.2) is 13.2 Å². The Balaban J connectivity index is 0.000000236. The third kappa shape index (κ3) is 12.4. The molecule has 11 heteroatoms. The molecule has 0 aliphatic rings. The van der Waals surface area contributed by atoms with Crippen molar-refractivity contribution in [3.63, 3.8) is 0 Å². The Morgan fingerprint density at radius 3 is 1.54 bits per heavy atom. The Kier molecular flexibility index (Phi) is 13.4. The van der Waals surface area contributed by atoms with E-state index < -0.39 is 23.1 Å². The van der Waals surface area contributed by atoms with Gasteiger partial charge in [-0.15, -0.1) is 0 Å². The molecular formula is C30H27ClN2O8. The first kappa shape index (κ1) is 31.9. The largest absolute Gasteiger partial charge is 0.484 e. The molecule has 212 valence electrons. The summed E-state index contributed by atoms with van der Waals surface area (Å²) in [5.74, 6) is -1.26. The maximum absolute atomic E-state index is 11.7. The van der Waals surface area contributed by atoms with E-state index in [-0.39, 0.29) is 30.0 Å². The van der Waals surface area contributed by atoms with E-state index in [0.717, 1.165) is 0 Å². The Hall–Kier alpha value is -5.35. The van der Waals surface area contributed by atoms with Crippen LogP contribution >= 0.6 is 11.6 Å². The van der Waals surface area contributed by atoms with Crippen molar-refractivity contribution < 1.29 is 38.9 Å². The summed E-state index contributed by atoms with van der Waals surface area (Å²) >= 11 is 5.06. The van der Waals surface area contributed by atoms with Crippen molar-refractivity contribution in [2.45, 2.75) is 0 Å². The van der Waals surface area contributed by atoms with Crippen molar-refractivity contribution in [2.24, 2.45) is 0 Å². The third-order valence-electron chi connectivity index (χ3n) is 4.83. The van der Waals surface area contributed by atoms with Gasteiger partial charge in [0.1, 0.15) is 11.5 Å². The Labute approximate surface area is 240 Å². The first-order valence-electron chi connectivity index (χ1n) is 11.9. The monoisotopic (exact) mass is 578 g/mol. The van der Waals surface area contributed by atoms with Gasteiger partial charge < -0.3 is 30.7 Å². The van der Waals surface area contributed by atoms with Crippen LogP contribution in [0, 0.1) is 0 Å². The van der Waals surface area contributed by atoms with E-state index in [9.17, 15) is 19.2 Å². The van der Waals surface area contributed by atoms with Crippen LogP contribution in [0.25, 0.3) is 0 Å². The Bertz CT molecular complexity index is 1430. The van der Waals surface area contributed by atoms with Crippen LogP contribution in [0.5, 0.6) is 11.5 Å². The van der Waals surface area contributed by atoms with E-state index in [1.807, 2.05) is 24.3 Å². The molecule has 0 saturated carbocycles. The molecule has 0 fully saturated rings. The number of nitrogens with one attached hydrogen (secondary N) is 1. The molecule has 1 amide bonds. The first-order valence-corrected chi connectivity index (χ1v) is 12.3. The molecule has 4 rings (SSSR count). The number of hydrogen-bond acceptors (Lipinski definition) is 7. The molecule has 0 spiro atoms. The standard InChI is InChI=1S/C15H13NO4.C8H7ClO2.C7H7NO2/c17-14(10-20-11-6-2-1-3-7-11)16-13-9-5-4-8-12(13)15(18)19;9-8(10)6-11-7-4-2-1-3-5-7;8-6-4-2-1-3-5(6)7(9)10/h1-9H,10H2,(H,16,17)(H,18,19);1-5H,6H2;1-4H,8H2,(H,9,10). The van der Waals surface area contributed by atoms with Gasteiger partial charge in [-0.05, 0) is 60.1 Å². The highest BCUT2D eigenvalue weighted by atomic mass is 35.5. The van der Waals surface area contributed by atoms with E-state index >= 15 is 0 Å². The summed E-state index contributed by atoms with van der Waals surface area (Å²) in [5.41, 5.74) is 6.09. The highest BCUT2D eigenvalue weighted by Gasteiger charge is 2.12. The van der Waals surface area contributed by atoms with Crippen LogP contribution in [0.3, 0.4) is 0 Å². The average molecular weight is 579 g/mol. The van der Waals surface area contributed by atoms with Crippen LogP contribution in [-0.2, 0) is 9.59 Å². The molecule has 0 atom stereocenters. The molecule has 10 nitrogen and oxygen atoms in total. The number of carboxylic acids is 2. The van der Waals surface area contributed by atoms with Gasteiger partial charge in [0.2, 0.25) is 0 Å². The number of hydrogen-bond donors (Lipinski definition) is 4. The number of ether oxygens (including phenoxy) is 2. The molecular weight excluding hydrogens is 552 g/mol. The lowest BCUT2D eigenvalue weighted by Gasteiger charge is -2.09. The highest BCUT2D eigenvalue weighted by molar-refractivity contribution is 6.63. The number of anilines is 2. The van der Waals surface area contributed by atoms with Crippen molar-refractivity contribution in [3.05, 3.63) is 120 Å². The Morgan fingerprint density at radius 2 is 1.07 bits per heavy atom. The zero-order chi connectivity index (χ0) is 30.0. The van der Waals surface area contributed by atoms with Gasteiger partial charge in [-0.1, -0.05) is 60.7 Å². The minimum atomic E-state index is -1.09. The number of rotatable bonds is 9. The molecule has 0 heterocycles. The van der Waals surface area contributed by atoms with Gasteiger partial charge in [0.05, 0.1) is 16.8 Å². The predicted molar refractivity (Wildman–Crippen MR) is 155 cm³/mol. The molecule has 4 aromatic carbocycles. The number of amides is 1. The number of nitrogens with two attached hydrogens (primary N) is 1. The second kappa shape index (κ2) is 17.3. The average Bonchev–Trinajstić information content (AvgIpc) is 2.97. The molecule has 0 saturated heterocycles. The maximum atomic E-state index is 11.7. The van der Waals surface area contributed by atoms with Crippen LogP contribution in [-0.4, -0.2) is 46.5 Å². The van der Waals surface area contributed by atoms with Gasteiger partial charge in [-0.25, -0.2) is 9.59 Å². The first-order chi connectivity index (χ1) is 19.7. The molecule has 0 aliphatic carbocycles. The van der Waals surface area contributed by atoms with E-state index in [4.69, 9.17) is 37.0 Å². The van der Waals surface area contributed by atoms with Crippen molar-refractivity contribution >= 4 is 46.1 Å². The number of halogens is 1. The van der Waals surface area contributed by atoms with E-state index in [1.165, 1.54) is 18.2 Å². The summed E-state index contributed by atoms with van der Waals surface area (Å²) in [6.45, 7) is -0.260. The third-order valence-corrected chi connectivity index (χ3v) is 4.94. The zero-order valence-corrected chi connectivity index (χ0v) is 22.4. The van der Waals surface area contributed by atoms with Gasteiger partial charge in [0, 0.05) is 5.69 Å². The number of carbonyl (C=O) groups excluding carboxylic acids is 2.